The number of quaternary nitrogens is 1. The topological polar surface area (TPSA) is 102 Å². The molecule has 1 N–H and O–H groups in total. The second-order valence-corrected chi connectivity index (χ2v) is 17.4. The summed E-state index contributed by atoms with van der Waals surface area (Å²) in [6, 6.07) is 12.6. The van der Waals surface area contributed by atoms with E-state index in [2.05, 4.69) is 4.98 Å². The van der Waals surface area contributed by atoms with Crippen LogP contribution in [0, 0.1) is 11.6 Å². The normalized spacial score (nSPS) is 13.1. The van der Waals surface area contributed by atoms with Gasteiger partial charge in [-0.25, -0.2) is 22.2 Å². The van der Waals surface area contributed by atoms with Gasteiger partial charge >= 0.3 is 5.97 Å². The fourth-order valence-electron chi connectivity index (χ4n) is 5.69. The summed E-state index contributed by atoms with van der Waals surface area (Å²) in [4.78, 5) is 15.8. The quantitative estimate of drug-likeness (QED) is 0.0907. The zero-order valence-electron chi connectivity index (χ0n) is 29.6. The smallest absolute Gasteiger partial charge is 0.304 e. The molecular weight excluding hydrogens is 741 g/mol. The molecule has 0 unspecified atom stereocenters. The number of methoxy groups -OCH3 is 1. The van der Waals surface area contributed by atoms with Crippen molar-refractivity contribution in [2.45, 2.75) is 60.9 Å². The summed E-state index contributed by atoms with van der Waals surface area (Å²) in [7, 11) is 3.12. The highest BCUT2D eigenvalue weighted by Gasteiger charge is 2.33. The van der Waals surface area contributed by atoms with E-state index in [1.54, 1.807) is 24.4 Å². The number of halogens is 4. The number of aromatic nitrogens is 2. The SMILES string of the molecule is COc1cc(C(C)(C)c2cnc(SCc3c(F)cc(S(=O)(=O)N(CCC[N+](C)(C)C)[C@H](C)CC(=O)O)cc3Cl)n2-c2ccc(F)cc2)ccc1Cl. The number of carbonyl (C=O) groups is 1. The van der Waals surface area contributed by atoms with Crippen molar-refractivity contribution in [1.29, 1.82) is 0 Å². The van der Waals surface area contributed by atoms with Gasteiger partial charge in [0.15, 0.2) is 5.16 Å². The first-order valence-electron chi connectivity index (χ1n) is 16.1. The highest BCUT2D eigenvalue weighted by atomic mass is 35.5. The maximum absolute atomic E-state index is 15.8. The Hall–Kier alpha value is -3.20. The average Bonchev–Trinajstić information content (AvgIpc) is 3.47. The van der Waals surface area contributed by atoms with Crippen molar-refractivity contribution in [3.05, 3.63) is 99.3 Å². The molecule has 1 atom stereocenters. The van der Waals surface area contributed by atoms with E-state index < -0.39 is 45.5 Å². The Labute approximate surface area is 312 Å². The molecule has 0 aliphatic rings. The van der Waals surface area contributed by atoms with E-state index in [4.69, 9.17) is 27.9 Å². The second-order valence-electron chi connectivity index (χ2n) is 13.8. The van der Waals surface area contributed by atoms with Crippen molar-refractivity contribution in [1.82, 2.24) is 13.9 Å². The van der Waals surface area contributed by atoms with Gasteiger partial charge in [0.25, 0.3) is 0 Å². The predicted molar refractivity (Wildman–Crippen MR) is 198 cm³/mol. The number of imidazole rings is 1. The standard InChI is InChI=1S/C36H42Cl2F2N4O5S2/c1-23(17-34(45)46)42(15-8-16-44(4,5)6)51(47,48)27-19-30(38)28(31(40)20-27)22-50-35-41-21-33(43(35)26-12-10-25(39)11-13-26)36(2,3)24-9-14-29(37)32(18-24)49-7/h9-14,18-21,23H,8,15-17,22H2,1-7H3/p+1/t23-/m1/s1. The molecular formula is C36H43Cl2F2N4O5S2+. The molecule has 0 saturated carbocycles. The minimum atomic E-state index is -4.32. The van der Waals surface area contributed by atoms with Crippen LogP contribution in [0.5, 0.6) is 5.75 Å². The predicted octanol–water partition coefficient (Wildman–Crippen LogP) is 8.03. The highest BCUT2D eigenvalue weighted by Crippen LogP contribution is 2.40. The molecule has 4 aromatic rings. The van der Waals surface area contributed by atoms with E-state index in [0.717, 1.165) is 21.6 Å². The van der Waals surface area contributed by atoms with E-state index in [-0.39, 0.29) is 27.8 Å². The highest BCUT2D eigenvalue weighted by molar-refractivity contribution is 7.98. The molecule has 4 rings (SSSR count). The Balaban J connectivity index is 1.69. The molecule has 9 nitrogen and oxygen atoms in total. The molecule has 3 aromatic carbocycles. The summed E-state index contributed by atoms with van der Waals surface area (Å²) in [6.45, 7) is 6.20. The Morgan fingerprint density at radius 3 is 2.33 bits per heavy atom. The van der Waals surface area contributed by atoms with Crippen molar-refractivity contribution >= 4 is 51.0 Å². The molecule has 51 heavy (non-hydrogen) atoms. The number of thioether (sulfide) groups is 1. The van der Waals surface area contributed by atoms with Crippen LogP contribution < -0.4 is 4.74 Å². The minimum absolute atomic E-state index is 0.0134. The van der Waals surface area contributed by atoms with Gasteiger partial charge in [-0.05, 0) is 61.0 Å². The fourth-order valence-corrected chi connectivity index (χ4v) is 9.03. The zero-order valence-corrected chi connectivity index (χ0v) is 32.7. The van der Waals surface area contributed by atoms with Gasteiger partial charge in [0.2, 0.25) is 10.0 Å². The van der Waals surface area contributed by atoms with Gasteiger partial charge in [0.05, 0.1) is 63.0 Å². The van der Waals surface area contributed by atoms with Crippen molar-refractivity contribution in [2.75, 3.05) is 41.3 Å². The lowest BCUT2D eigenvalue weighted by atomic mass is 9.81. The summed E-state index contributed by atoms with van der Waals surface area (Å²) < 4.78 is 66.5. The van der Waals surface area contributed by atoms with E-state index in [1.807, 2.05) is 51.7 Å². The molecule has 15 heteroatoms. The first-order chi connectivity index (χ1) is 23.8. The van der Waals surface area contributed by atoms with Crippen molar-refractivity contribution < 1.29 is 36.3 Å². The number of rotatable bonds is 16. The van der Waals surface area contributed by atoms with E-state index in [0.29, 0.717) is 39.1 Å². The number of carboxylic acid groups (broad SMARTS) is 1. The van der Waals surface area contributed by atoms with Gasteiger partial charge < -0.3 is 14.3 Å². The van der Waals surface area contributed by atoms with Crippen LogP contribution >= 0.6 is 35.0 Å². The van der Waals surface area contributed by atoms with Gasteiger partial charge in [-0.1, -0.05) is 54.9 Å². The van der Waals surface area contributed by atoms with Crippen molar-refractivity contribution in [3.8, 4) is 11.4 Å². The molecule has 0 fully saturated rings. The molecule has 0 saturated heterocycles. The third kappa shape index (κ3) is 9.62. The molecule has 0 amide bonds. The lowest BCUT2D eigenvalue weighted by Gasteiger charge is -2.30. The van der Waals surface area contributed by atoms with E-state index >= 15 is 4.39 Å². The average molecular weight is 785 g/mol. The molecule has 1 aromatic heterocycles. The van der Waals surface area contributed by atoms with Gasteiger partial charge in [-0.2, -0.15) is 4.31 Å². The lowest BCUT2D eigenvalue weighted by Crippen LogP contribution is -2.43. The number of sulfonamides is 1. The fraction of sp³-hybridized carbons (Fsp3) is 0.389. The van der Waals surface area contributed by atoms with Crippen LogP contribution in [0.2, 0.25) is 10.0 Å². The largest absolute Gasteiger partial charge is 0.495 e. The first-order valence-corrected chi connectivity index (χ1v) is 19.3. The van der Waals surface area contributed by atoms with E-state index in [9.17, 15) is 22.7 Å². The number of hydrogen-bond acceptors (Lipinski definition) is 6. The summed E-state index contributed by atoms with van der Waals surface area (Å²) in [5.74, 6) is -1.90. The summed E-state index contributed by atoms with van der Waals surface area (Å²) in [5, 5.41) is 10.2. The Bertz CT molecular complexity index is 1960. The van der Waals surface area contributed by atoms with Crippen LogP contribution in [0.1, 0.15) is 50.4 Å². The number of benzene rings is 3. The number of hydrogen-bond donors (Lipinski definition) is 1. The molecule has 0 bridgehead atoms. The first kappa shape index (κ1) is 40.6. The number of aliphatic carboxylic acids is 1. The van der Waals surface area contributed by atoms with Gasteiger partial charge in [-0.3, -0.25) is 9.36 Å². The van der Waals surface area contributed by atoms with Crippen LogP contribution in [-0.2, 0) is 26.0 Å². The van der Waals surface area contributed by atoms with Crippen molar-refractivity contribution in [2.24, 2.45) is 0 Å². The zero-order chi connectivity index (χ0) is 37.9. The lowest BCUT2D eigenvalue weighted by molar-refractivity contribution is -0.870. The third-order valence-electron chi connectivity index (χ3n) is 8.56. The Morgan fingerprint density at radius 2 is 1.75 bits per heavy atom. The minimum Gasteiger partial charge on any atom is -0.495 e. The molecule has 0 aliphatic carbocycles. The maximum Gasteiger partial charge on any atom is 0.304 e. The summed E-state index contributed by atoms with van der Waals surface area (Å²) in [6.07, 6.45) is 1.74. The second kappa shape index (κ2) is 16.2. The van der Waals surface area contributed by atoms with Crippen LogP contribution in [0.4, 0.5) is 8.78 Å². The Kier molecular flexibility index (Phi) is 12.9. The molecule has 0 radical (unpaired) electrons. The van der Waals surface area contributed by atoms with E-state index in [1.165, 1.54) is 44.0 Å². The van der Waals surface area contributed by atoms with Crippen LogP contribution in [0.25, 0.3) is 5.69 Å². The molecule has 0 spiro atoms. The number of carboxylic acids is 1. The van der Waals surface area contributed by atoms with Crippen LogP contribution in [0.3, 0.4) is 0 Å². The van der Waals surface area contributed by atoms with Crippen LogP contribution in [0.15, 0.2) is 70.8 Å². The Morgan fingerprint density at radius 1 is 1.08 bits per heavy atom. The van der Waals surface area contributed by atoms with Crippen LogP contribution in [-0.4, -0.2) is 85.2 Å². The summed E-state index contributed by atoms with van der Waals surface area (Å²) in [5.41, 5.74) is 1.64. The number of ether oxygens (including phenoxy) is 1. The molecule has 0 aliphatic heterocycles. The maximum atomic E-state index is 15.8. The number of nitrogens with zero attached hydrogens (tertiary/aromatic N) is 4. The van der Waals surface area contributed by atoms with Gasteiger partial charge in [-0.15, -0.1) is 0 Å². The summed E-state index contributed by atoms with van der Waals surface area (Å²) >= 11 is 14.1. The third-order valence-corrected chi connectivity index (χ3v) is 12.2. The molecule has 1 heterocycles. The monoisotopic (exact) mass is 783 g/mol. The van der Waals surface area contributed by atoms with Gasteiger partial charge in [0, 0.05) is 46.4 Å². The molecule has 276 valence electrons. The van der Waals surface area contributed by atoms with Gasteiger partial charge in [0.1, 0.15) is 17.4 Å². The van der Waals surface area contributed by atoms with Crippen molar-refractivity contribution in [3.63, 3.8) is 0 Å².